The predicted molar refractivity (Wildman–Crippen MR) is 84.4 cm³/mol. The largest absolute Gasteiger partial charge is 0.355 e. The highest BCUT2D eigenvalue weighted by Gasteiger charge is 2.26. The Labute approximate surface area is 125 Å². The molecule has 0 radical (unpaired) electrons. The SMILES string of the molecule is Cc1cc(C)c(C#N)c(N2CCC(c3ccccc3)C2)n1. The molecule has 1 aliphatic heterocycles. The van der Waals surface area contributed by atoms with Crippen LogP contribution >= 0.6 is 0 Å². The number of pyridine rings is 1. The van der Waals surface area contributed by atoms with Gasteiger partial charge in [0.25, 0.3) is 0 Å². The predicted octanol–water partition coefficient (Wildman–Crippen LogP) is 3.56. The van der Waals surface area contributed by atoms with Crippen molar-refractivity contribution in [1.82, 2.24) is 4.98 Å². The zero-order valence-electron chi connectivity index (χ0n) is 12.5. The Morgan fingerprint density at radius 1 is 1.24 bits per heavy atom. The van der Waals surface area contributed by atoms with Crippen LogP contribution in [-0.4, -0.2) is 18.1 Å². The van der Waals surface area contributed by atoms with Crippen LogP contribution in [0.2, 0.25) is 0 Å². The van der Waals surface area contributed by atoms with Crippen molar-refractivity contribution in [2.75, 3.05) is 18.0 Å². The van der Waals surface area contributed by atoms with Crippen molar-refractivity contribution in [1.29, 1.82) is 5.26 Å². The molecular formula is C18H19N3. The summed E-state index contributed by atoms with van der Waals surface area (Å²) in [6.07, 6.45) is 1.11. The van der Waals surface area contributed by atoms with Crippen molar-refractivity contribution in [3.05, 3.63) is 58.8 Å². The zero-order chi connectivity index (χ0) is 14.8. The summed E-state index contributed by atoms with van der Waals surface area (Å²) in [7, 11) is 0. The maximum absolute atomic E-state index is 9.42. The third kappa shape index (κ3) is 2.62. The molecule has 1 fully saturated rings. The molecule has 0 saturated carbocycles. The molecule has 1 aromatic carbocycles. The van der Waals surface area contributed by atoms with E-state index < -0.39 is 0 Å². The Hall–Kier alpha value is -2.34. The molecule has 106 valence electrons. The molecule has 3 heteroatoms. The summed E-state index contributed by atoms with van der Waals surface area (Å²) in [6.45, 7) is 5.88. The van der Waals surface area contributed by atoms with Crippen LogP contribution in [0.1, 0.15) is 34.7 Å². The standard InChI is InChI=1S/C18H19N3/c1-13-10-14(2)20-18(17(13)11-19)21-9-8-16(12-21)15-6-4-3-5-7-15/h3-7,10,16H,8-9,12H2,1-2H3. The number of aryl methyl sites for hydroxylation is 2. The van der Waals surface area contributed by atoms with E-state index >= 15 is 0 Å². The first-order valence-electron chi connectivity index (χ1n) is 7.37. The fourth-order valence-corrected chi connectivity index (χ4v) is 3.13. The van der Waals surface area contributed by atoms with Crippen LogP contribution < -0.4 is 4.90 Å². The van der Waals surface area contributed by atoms with E-state index in [1.807, 2.05) is 19.9 Å². The zero-order valence-corrected chi connectivity index (χ0v) is 12.5. The van der Waals surface area contributed by atoms with Gasteiger partial charge in [-0.3, -0.25) is 0 Å². The second-order valence-electron chi connectivity index (χ2n) is 5.73. The van der Waals surface area contributed by atoms with E-state index in [4.69, 9.17) is 0 Å². The van der Waals surface area contributed by atoms with Crippen molar-refractivity contribution in [2.24, 2.45) is 0 Å². The van der Waals surface area contributed by atoms with Gasteiger partial charge in [-0.05, 0) is 37.5 Å². The third-order valence-corrected chi connectivity index (χ3v) is 4.20. The van der Waals surface area contributed by atoms with Gasteiger partial charge in [-0.15, -0.1) is 0 Å². The topological polar surface area (TPSA) is 39.9 Å². The van der Waals surface area contributed by atoms with Gasteiger partial charge in [0.05, 0.1) is 5.56 Å². The van der Waals surface area contributed by atoms with Crippen molar-refractivity contribution in [3.63, 3.8) is 0 Å². The molecule has 2 heterocycles. The second kappa shape index (κ2) is 5.57. The normalized spacial score (nSPS) is 17.8. The first-order valence-corrected chi connectivity index (χ1v) is 7.37. The summed E-state index contributed by atoms with van der Waals surface area (Å²) in [5.74, 6) is 1.38. The monoisotopic (exact) mass is 277 g/mol. The highest BCUT2D eigenvalue weighted by atomic mass is 15.2. The quantitative estimate of drug-likeness (QED) is 0.842. The average Bonchev–Trinajstić information content (AvgIpc) is 2.97. The summed E-state index contributed by atoms with van der Waals surface area (Å²) in [5, 5.41) is 9.42. The Bertz CT molecular complexity index is 686. The van der Waals surface area contributed by atoms with E-state index in [2.05, 4.69) is 46.3 Å². The molecule has 3 rings (SSSR count). The lowest BCUT2D eigenvalue weighted by molar-refractivity contribution is 0.774. The number of nitriles is 1. The molecule has 1 atom stereocenters. The van der Waals surface area contributed by atoms with E-state index in [1.54, 1.807) is 0 Å². The Morgan fingerprint density at radius 2 is 2.00 bits per heavy atom. The van der Waals surface area contributed by atoms with Crippen LogP contribution in [-0.2, 0) is 0 Å². The lowest BCUT2D eigenvalue weighted by atomic mass is 9.99. The maximum Gasteiger partial charge on any atom is 0.147 e. The van der Waals surface area contributed by atoms with Gasteiger partial charge in [0, 0.05) is 24.7 Å². The molecule has 3 nitrogen and oxygen atoms in total. The van der Waals surface area contributed by atoms with Crippen LogP contribution in [0.5, 0.6) is 0 Å². The van der Waals surface area contributed by atoms with Crippen molar-refractivity contribution in [2.45, 2.75) is 26.2 Å². The number of hydrogen-bond acceptors (Lipinski definition) is 3. The molecule has 1 aromatic heterocycles. The van der Waals surface area contributed by atoms with Crippen molar-refractivity contribution >= 4 is 5.82 Å². The molecular weight excluding hydrogens is 258 g/mol. The van der Waals surface area contributed by atoms with Crippen LogP contribution in [0.3, 0.4) is 0 Å². The van der Waals surface area contributed by atoms with E-state index in [0.717, 1.165) is 36.6 Å². The molecule has 0 bridgehead atoms. The van der Waals surface area contributed by atoms with E-state index in [1.165, 1.54) is 5.56 Å². The average molecular weight is 277 g/mol. The number of anilines is 1. The van der Waals surface area contributed by atoms with Crippen LogP contribution in [0, 0.1) is 25.2 Å². The molecule has 0 aliphatic carbocycles. The first kappa shape index (κ1) is 13.6. The van der Waals surface area contributed by atoms with Gasteiger partial charge in [0.15, 0.2) is 0 Å². The minimum Gasteiger partial charge on any atom is -0.355 e. The summed E-state index contributed by atoms with van der Waals surface area (Å²) in [6, 6.07) is 14.9. The fraction of sp³-hybridized carbons (Fsp3) is 0.333. The lowest BCUT2D eigenvalue weighted by Crippen LogP contribution is -2.22. The van der Waals surface area contributed by atoms with Crippen LogP contribution in [0.15, 0.2) is 36.4 Å². The lowest BCUT2D eigenvalue weighted by Gasteiger charge is -2.20. The number of benzene rings is 1. The van der Waals surface area contributed by atoms with E-state index in [0.29, 0.717) is 11.5 Å². The summed E-state index contributed by atoms with van der Waals surface area (Å²) >= 11 is 0. The Balaban J connectivity index is 1.89. The highest BCUT2D eigenvalue weighted by Crippen LogP contribution is 2.32. The highest BCUT2D eigenvalue weighted by molar-refractivity contribution is 5.59. The number of aromatic nitrogens is 1. The fourth-order valence-electron chi connectivity index (χ4n) is 3.13. The third-order valence-electron chi connectivity index (χ3n) is 4.20. The van der Waals surface area contributed by atoms with Gasteiger partial charge >= 0.3 is 0 Å². The Kier molecular flexibility index (Phi) is 3.62. The summed E-state index contributed by atoms with van der Waals surface area (Å²) in [4.78, 5) is 6.88. The van der Waals surface area contributed by atoms with Gasteiger partial charge in [-0.1, -0.05) is 30.3 Å². The number of nitrogens with zero attached hydrogens (tertiary/aromatic N) is 3. The molecule has 1 saturated heterocycles. The molecule has 2 aromatic rings. The second-order valence-corrected chi connectivity index (χ2v) is 5.73. The van der Waals surface area contributed by atoms with E-state index in [-0.39, 0.29) is 0 Å². The summed E-state index contributed by atoms with van der Waals surface area (Å²) in [5.41, 5.74) is 4.09. The molecule has 0 amide bonds. The first-order chi connectivity index (χ1) is 10.2. The molecule has 0 spiro atoms. The number of rotatable bonds is 2. The van der Waals surface area contributed by atoms with Gasteiger partial charge in [0.1, 0.15) is 11.9 Å². The van der Waals surface area contributed by atoms with Crippen molar-refractivity contribution < 1.29 is 0 Å². The van der Waals surface area contributed by atoms with Gasteiger partial charge in [-0.2, -0.15) is 5.26 Å². The molecule has 21 heavy (non-hydrogen) atoms. The Morgan fingerprint density at radius 3 is 2.71 bits per heavy atom. The maximum atomic E-state index is 9.42. The smallest absolute Gasteiger partial charge is 0.147 e. The van der Waals surface area contributed by atoms with Crippen LogP contribution in [0.25, 0.3) is 0 Å². The number of hydrogen-bond donors (Lipinski definition) is 0. The van der Waals surface area contributed by atoms with E-state index in [9.17, 15) is 5.26 Å². The molecule has 1 unspecified atom stereocenters. The summed E-state index contributed by atoms with van der Waals surface area (Å²) < 4.78 is 0. The van der Waals surface area contributed by atoms with Gasteiger partial charge < -0.3 is 4.90 Å². The van der Waals surface area contributed by atoms with Crippen LogP contribution in [0.4, 0.5) is 5.82 Å². The van der Waals surface area contributed by atoms with Gasteiger partial charge in [0.2, 0.25) is 0 Å². The van der Waals surface area contributed by atoms with Crippen molar-refractivity contribution in [3.8, 4) is 6.07 Å². The minimum atomic E-state index is 0.528. The molecule has 0 N–H and O–H groups in total. The van der Waals surface area contributed by atoms with Gasteiger partial charge in [-0.25, -0.2) is 4.98 Å². The molecule has 1 aliphatic rings. The minimum absolute atomic E-state index is 0.528.